The van der Waals surface area contributed by atoms with E-state index in [4.69, 9.17) is 5.73 Å². The zero-order valence-electron chi connectivity index (χ0n) is 11.4. The summed E-state index contributed by atoms with van der Waals surface area (Å²) < 4.78 is 1.66. The van der Waals surface area contributed by atoms with Crippen LogP contribution >= 0.6 is 0 Å². The number of aromatic hydroxyl groups is 1. The summed E-state index contributed by atoms with van der Waals surface area (Å²) in [6.07, 6.45) is 0. The van der Waals surface area contributed by atoms with Gasteiger partial charge < -0.3 is 16.2 Å². The van der Waals surface area contributed by atoms with E-state index in [1.807, 2.05) is 24.3 Å². The number of nitrogens with zero attached hydrogens (tertiary/aromatic N) is 2. The Morgan fingerprint density at radius 2 is 2.05 bits per heavy atom. The third-order valence-corrected chi connectivity index (χ3v) is 3.26. The predicted molar refractivity (Wildman–Crippen MR) is 81.2 cm³/mol. The molecule has 0 aliphatic heterocycles. The van der Waals surface area contributed by atoms with Crippen LogP contribution in [-0.4, -0.2) is 20.8 Å². The number of phenolic OH excluding ortho intramolecular Hbond substituents is 1. The molecule has 3 rings (SSSR count). The van der Waals surface area contributed by atoms with E-state index in [-0.39, 0.29) is 11.7 Å². The van der Waals surface area contributed by atoms with Crippen molar-refractivity contribution in [3.63, 3.8) is 0 Å². The monoisotopic (exact) mass is 282 g/mol. The first-order chi connectivity index (χ1) is 10.1. The van der Waals surface area contributed by atoms with E-state index in [2.05, 4.69) is 10.4 Å². The van der Waals surface area contributed by atoms with Gasteiger partial charge in [-0.25, -0.2) is 0 Å². The molecule has 0 atom stereocenters. The maximum atomic E-state index is 12.4. The average Bonchev–Trinajstić information content (AvgIpc) is 2.80. The number of hydrogen-bond acceptors (Lipinski definition) is 4. The third-order valence-electron chi connectivity index (χ3n) is 3.26. The number of para-hydroxylation sites is 1. The van der Waals surface area contributed by atoms with E-state index >= 15 is 0 Å². The van der Waals surface area contributed by atoms with Crippen molar-refractivity contribution in [3.05, 3.63) is 48.2 Å². The van der Waals surface area contributed by atoms with Gasteiger partial charge in [0.05, 0.1) is 16.9 Å². The number of fused-ring (bicyclic) bond motifs is 1. The Bertz CT molecular complexity index is 839. The molecule has 1 amide bonds. The van der Waals surface area contributed by atoms with Crippen molar-refractivity contribution in [1.82, 2.24) is 9.78 Å². The van der Waals surface area contributed by atoms with Crippen LogP contribution in [-0.2, 0) is 7.05 Å². The number of nitrogen functional groups attached to an aromatic ring is 1. The topological polar surface area (TPSA) is 93.2 Å². The molecule has 0 saturated heterocycles. The fraction of sp³-hybridized carbons (Fsp3) is 0.0667. The summed E-state index contributed by atoms with van der Waals surface area (Å²) >= 11 is 0. The molecule has 6 heteroatoms. The van der Waals surface area contributed by atoms with Crippen LogP contribution in [0.25, 0.3) is 10.9 Å². The lowest BCUT2D eigenvalue weighted by Crippen LogP contribution is -2.14. The number of aryl methyl sites for hydroxylation is 1. The summed E-state index contributed by atoms with van der Waals surface area (Å²) in [6.45, 7) is 0. The SMILES string of the molecule is Cn1nc(C(=O)Nc2ccc(O)cc2N)c2ccccc21. The fourth-order valence-corrected chi connectivity index (χ4v) is 2.23. The zero-order chi connectivity index (χ0) is 15.0. The van der Waals surface area contributed by atoms with E-state index in [9.17, 15) is 9.90 Å². The molecule has 2 aromatic carbocycles. The molecule has 0 aliphatic rings. The van der Waals surface area contributed by atoms with Crippen LogP contribution < -0.4 is 11.1 Å². The minimum atomic E-state index is -0.343. The van der Waals surface area contributed by atoms with Gasteiger partial charge >= 0.3 is 0 Å². The zero-order valence-corrected chi connectivity index (χ0v) is 11.4. The van der Waals surface area contributed by atoms with Gasteiger partial charge in [-0.3, -0.25) is 9.48 Å². The Hall–Kier alpha value is -3.02. The standard InChI is InChI=1S/C15H14N4O2/c1-19-13-5-3-2-4-10(13)14(18-19)15(21)17-12-7-6-9(20)8-11(12)16/h2-8,20H,16H2,1H3,(H,17,21). The largest absolute Gasteiger partial charge is 0.508 e. The van der Waals surface area contributed by atoms with Crippen LogP contribution in [0.15, 0.2) is 42.5 Å². The summed E-state index contributed by atoms with van der Waals surface area (Å²) in [5, 5.41) is 17.1. The molecule has 0 saturated carbocycles. The van der Waals surface area contributed by atoms with Gasteiger partial charge in [0.1, 0.15) is 5.75 Å². The minimum absolute atomic E-state index is 0.0498. The van der Waals surface area contributed by atoms with E-state index < -0.39 is 0 Å². The fourth-order valence-electron chi connectivity index (χ4n) is 2.23. The highest BCUT2D eigenvalue weighted by molar-refractivity contribution is 6.12. The lowest BCUT2D eigenvalue weighted by Gasteiger charge is -2.07. The number of phenols is 1. The molecular formula is C15H14N4O2. The van der Waals surface area contributed by atoms with Crippen LogP contribution in [0.5, 0.6) is 5.75 Å². The first-order valence-electron chi connectivity index (χ1n) is 6.38. The average molecular weight is 282 g/mol. The smallest absolute Gasteiger partial charge is 0.276 e. The maximum absolute atomic E-state index is 12.4. The molecule has 0 fully saturated rings. The number of nitrogens with two attached hydrogens (primary N) is 1. The number of carbonyl (C=O) groups excluding carboxylic acids is 1. The maximum Gasteiger partial charge on any atom is 0.276 e. The van der Waals surface area contributed by atoms with E-state index in [0.717, 1.165) is 10.9 Å². The Labute approximate surface area is 120 Å². The van der Waals surface area contributed by atoms with Crippen LogP contribution in [0.4, 0.5) is 11.4 Å². The summed E-state index contributed by atoms with van der Waals surface area (Å²) in [4.78, 5) is 12.4. The van der Waals surface area contributed by atoms with Crippen molar-refractivity contribution in [2.24, 2.45) is 7.05 Å². The summed E-state index contributed by atoms with van der Waals surface area (Å²) in [5.74, 6) is -0.294. The Kier molecular flexibility index (Phi) is 2.98. The summed E-state index contributed by atoms with van der Waals surface area (Å²) in [5.41, 5.74) is 7.71. The Balaban J connectivity index is 1.98. The predicted octanol–water partition coefficient (Wildman–Crippen LogP) is 2.11. The van der Waals surface area contributed by atoms with Gasteiger partial charge in [-0.15, -0.1) is 0 Å². The Morgan fingerprint density at radius 3 is 2.81 bits per heavy atom. The lowest BCUT2D eigenvalue weighted by molar-refractivity contribution is 0.102. The molecule has 0 radical (unpaired) electrons. The number of amides is 1. The molecule has 0 bridgehead atoms. The van der Waals surface area contributed by atoms with E-state index in [0.29, 0.717) is 17.1 Å². The van der Waals surface area contributed by atoms with Gasteiger partial charge in [0.25, 0.3) is 5.91 Å². The van der Waals surface area contributed by atoms with E-state index in [1.165, 1.54) is 12.1 Å². The molecule has 21 heavy (non-hydrogen) atoms. The second kappa shape index (κ2) is 4.82. The first kappa shape index (κ1) is 13.0. The van der Waals surface area contributed by atoms with Crippen molar-refractivity contribution >= 4 is 28.2 Å². The molecule has 1 aromatic heterocycles. The quantitative estimate of drug-likeness (QED) is 0.495. The van der Waals surface area contributed by atoms with Crippen LogP contribution in [0.2, 0.25) is 0 Å². The molecule has 0 spiro atoms. The molecule has 0 aliphatic carbocycles. The van der Waals surface area contributed by atoms with Crippen LogP contribution in [0.3, 0.4) is 0 Å². The van der Waals surface area contributed by atoms with Crippen molar-refractivity contribution in [1.29, 1.82) is 0 Å². The number of nitrogens with one attached hydrogen (secondary N) is 1. The first-order valence-corrected chi connectivity index (χ1v) is 6.38. The van der Waals surface area contributed by atoms with Gasteiger partial charge in [-0.2, -0.15) is 5.10 Å². The van der Waals surface area contributed by atoms with Gasteiger partial charge in [-0.05, 0) is 18.2 Å². The van der Waals surface area contributed by atoms with Crippen molar-refractivity contribution in [2.75, 3.05) is 11.1 Å². The van der Waals surface area contributed by atoms with E-state index in [1.54, 1.807) is 17.8 Å². The number of hydrogen-bond donors (Lipinski definition) is 3. The highest BCUT2D eigenvalue weighted by Crippen LogP contribution is 2.25. The van der Waals surface area contributed by atoms with Gasteiger partial charge in [0, 0.05) is 18.5 Å². The van der Waals surface area contributed by atoms with Gasteiger partial charge in [0.2, 0.25) is 0 Å². The molecule has 106 valence electrons. The number of rotatable bonds is 2. The van der Waals surface area contributed by atoms with Crippen molar-refractivity contribution < 1.29 is 9.90 Å². The normalized spacial score (nSPS) is 10.7. The molecule has 3 aromatic rings. The molecule has 4 N–H and O–H groups in total. The second-order valence-electron chi connectivity index (χ2n) is 4.72. The lowest BCUT2D eigenvalue weighted by atomic mass is 10.2. The summed E-state index contributed by atoms with van der Waals surface area (Å²) in [6, 6.07) is 11.9. The van der Waals surface area contributed by atoms with Crippen LogP contribution in [0.1, 0.15) is 10.5 Å². The van der Waals surface area contributed by atoms with Crippen molar-refractivity contribution in [2.45, 2.75) is 0 Å². The minimum Gasteiger partial charge on any atom is -0.508 e. The molecule has 6 nitrogen and oxygen atoms in total. The number of benzene rings is 2. The van der Waals surface area contributed by atoms with Gasteiger partial charge in [-0.1, -0.05) is 18.2 Å². The van der Waals surface area contributed by atoms with Gasteiger partial charge in [0.15, 0.2) is 5.69 Å². The Morgan fingerprint density at radius 1 is 1.29 bits per heavy atom. The highest BCUT2D eigenvalue weighted by atomic mass is 16.3. The molecule has 0 unspecified atom stereocenters. The number of aromatic nitrogens is 2. The highest BCUT2D eigenvalue weighted by Gasteiger charge is 2.16. The summed E-state index contributed by atoms with van der Waals surface area (Å²) in [7, 11) is 1.79. The molecule has 1 heterocycles. The second-order valence-corrected chi connectivity index (χ2v) is 4.72. The third kappa shape index (κ3) is 2.27. The van der Waals surface area contributed by atoms with Crippen LogP contribution in [0, 0.1) is 0 Å². The number of carbonyl (C=O) groups is 1. The number of anilines is 2. The molecular weight excluding hydrogens is 268 g/mol. The van der Waals surface area contributed by atoms with Crippen molar-refractivity contribution in [3.8, 4) is 5.75 Å².